The average Bonchev–Trinajstić information content (AvgIpc) is 2.74. The van der Waals surface area contributed by atoms with Gasteiger partial charge in [0.25, 0.3) is 0 Å². The maximum absolute atomic E-state index is 13.3. The highest BCUT2D eigenvalue weighted by atomic mass is 35.5. The van der Waals surface area contributed by atoms with Gasteiger partial charge in [0.05, 0.1) is 16.3 Å². The molecule has 4 fully saturated rings. The summed E-state index contributed by atoms with van der Waals surface area (Å²) < 4.78 is 39.5. The second kappa shape index (κ2) is 8.62. The van der Waals surface area contributed by atoms with Crippen molar-refractivity contribution in [2.45, 2.75) is 50.7 Å². The predicted molar refractivity (Wildman–Crippen MR) is 123 cm³/mol. The molecule has 176 valence electrons. The van der Waals surface area contributed by atoms with Gasteiger partial charge in [-0.25, -0.2) is 0 Å². The van der Waals surface area contributed by atoms with Gasteiger partial charge in [-0.15, -0.1) is 0 Å². The Morgan fingerprint density at radius 3 is 2.18 bits per heavy atom. The lowest BCUT2D eigenvalue weighted by atomic mass is 9.49. The molecule has 0 saturated heterocycles. The molecule has 4 saturated carbocycles. The first kappa shape index (κ1) is 22.7. The molecule has 4 bridgehead atoms. The molecule has 33 heavy (non-hydrogen) atoms. The van der Waals surface area contributed by atoms with Crippen LogP contribution in [0.2, 0.25) is 5.02 Å². The van der Waals surface area contributed by atoms with Crippen LogP contribution in [0.4, 0.5) is 18.9 Å². The molecular weight excluding hydrogens is 449 g/mol. The first-order valence-electron chi connectivity index (χ1n) is 11.7. The first-order chi connectivity index (χ1) is 15.7. The van der Waals surface area contributed by atoms with Crippen LogP contribution in [-0.2, 0) is 11.0 Å². The first-order valence-corrected chi connectivity index (χ1v) is 12.0. The topological polar surface area (TPSA) is 41.1 Å². The molecule has 1 amide bonds. The van der Waals surface area contributed by atoms with Crippen LogP contribution in [0.25, 0.3) is 0 Å². The zero-order valence-corrected chi connectivity index (χ0v) is 19.1. The Kier molecular flexibility index (Phi) is 5.94. The largest absolute Gasteiger partial charge is 0.416 e. The van der Waals surface area contributed by atoms with E-state index in [0.29, 0.717) is 0 Å². The third kappa shape index (κ3) is 4.78. The lowest BCUT2D eigenvalue weighted by Gasteiger charge is -2.57. The number of rotatable bonds is 6. The van der Waals surface area contributed by atoms with Crippen LogP contribution in [-0.4, -0.2) is 12.5 Å². The normalized spacial score (nSPS) is 29.2. The van der Waals surface area contributed by atoms with Crippen molar-refractivity contribution in [3.05, 3.63) is 64.7 Å². The fourth-order valence-electron chi connectivity index (χ4n) is 6.83. The molecule has 7 heteroatoms. The average molecular weight is 477 g/mol. The van der Waals surface area contributed by atoms with E-state index >= 15 is 0 Å². The number of nitrogens with one attached hydrogen (secondary N) is 2. The lowest BCUT2D eigenvalue weighted by molar-refractivity contribution is -0.137. The van der Waals surface area contributed by atoms with Crippen molar-refractivity contribution < 1.29 is 18.0 Å². The number of anilines is 1. The highest BCUT2D eigenvalue weighted by Gasteiger charge is 2.50. The summed E-state index contributed by atoms with van der Waals surface area (Å²) in [6.07, 6.45) is 3.12. The molecular formula is C26H28ClF3N2O. The molecule has 0 radical (unpaired) electrons. The third-order valence-electron chi connectivity index (χ3n) is 7.79. The van der Waals surface area contributed by atoms with Crippen molar-refractivity contribution in [1.29, 1.82) is 0 Å². The molecule has 4 aliphatic rings. The molecule has 3 nitrogen and oxygen atoms in total. The Bertz CT molecular complexity index is 989. The minimum absolute atomic E-state index is 0.0333. The maximum atomic E-state index is 13.3. The molecule has 0 spiro atoms. The van der Waals surface area contributed by atoms with Crippen molar-refractivity contribution in [2.24, 2.45) is 23.2 Å². The van der Waals surface area contributed by atoms with Gasteiger partial charge in [0.2, 0.25) is 5.91 Å². The van der Waals surface area contributed by atoms with Crippen LogP contribution in [0, 0.1) is 23.2 Å². The van der Waals surface area contributed by atoms with Gasteiger partial charge in [0, 0.05) is 6.54 Å². The smallest absolute Gasteiger partial charge is 0.323 e. The van der Waals surface area contributed by atoms with Crippen LogP contribution in [0.3, 0.4) is 0 Å². The molecule has 2 aromatic rings. The standard InChI is InChI=1S/C26H28ClF3N2O/c27-21-7-6-20(26(28,29)30)11-22(21)32-24(33)23(19-4-2-1-3-5-19)31-15-25-12-16-8-17(13-25)10-18(9-16)14-25/h1-7,11,16-18,23,31H,8-10,12-15H2,(H,32,33)/t16?,17?,18?,23-,25?/m0/s1. The van der Waals surface area contributed by atoms with Gasteiger partial charge in [-0.1, -0.05) is 41.9 Å². The molecule has 0 heterocycles. The Morgan fingerprint density at radius 2 is 1.61 bits per heavy atom. The van der Waals surface area contributed by atoms with Crippen LogP contribution >= 0.6 is 11.6 Å². The van der Waals surface area contributed by atoms with Gasteiger partial charge in [0.1, 0.15) is 6.04 Å². The zero-order valence-electron chi connectivity index (χ0n) is 18.3. The number of alkyl halides is 3. The van der Waals surface area contributed by atoms with Crippen molar-refractivity contribution in [2.75, 3.05) is 11.9 Å². The number of hydrogen-bond donors (Lipinski definition) is 2. The second-order valence-corrected chi connectivity index (χ2v) is 10.7. The third-order valence-corrected chi connectivity index (χ3v) is 8.12. The molecule has 2 aromatic carbocycles. The van der Waals surface area contributed by atoms with Crippen LogP contribution in [0.15, 0.2) is 48.5 Å². The summed E-state index contributed by atoms with van der Waals surface area (Å²) in [5.41, 5.74) is 0.118. The van der Waals surface area contributed by atoms with Crippen molar-refractivity contribution in [3.8, 4) is 0 Å². The Hall–Kier alpha value is -2.05. The summed E-state index contributed by atoms with van der Waals surface area (Å²) in [4.78, 5) is 13.3. The van der Waals surface area contributed by atoms with E-state index in [2.05, 4.69) is 10.6 Å². The zero-order chi connectivity index (χ0) is 23.2. The van der Waals surface area contributed by atoms with E-state index in [1.807, 2.05) is 30.3 Å². The summed E-state index contributed by atoms with van der Waals surface area (Å²) in [5, 5.41) is 6.22. The van der Waals surface area contributed by atoms with Gasteiger partial charge >= 0.3 is 6.18 Å². The van der Waals surface area contributed by atoms with Gasteiger partial charge < -0.3 is 10.6 Å². The lowest BCUT2D eigenvalue weighted by Crippen LogP contribution is -2.51. The van der Waals surface area contributed by atoms with Gasteiger partial charge in [-0.2, -0.15) is 13.2 Å². The van der Waals surface area contributed by atoms with Crippen molar-refractivity contribution >= 4 is 23.2 Å². The van der Waals surface area contributed by atoms with E-state index in [4.69, 9.17) is 11.6 Å². The Morgan fingerprint density at radius 1 is 1.00 bits per heavy atom. The maximum Gasteiger partial charge on any atom is 0.416 e. The number of benzene rings is 2. The monoisotopic (exact) mass is 476 g/mol. The SMILES string of the molecule is O=C(Nc1cc(C(F)(F)F)ccc1Cl)[C@@H](NCC12CC3CC(CC(C3)C1)C2)c1ccccc1. The van der Waals surface area contributed by atoms with Gasteiger partial charge in [-0.3, -0.25) is 4.79 Å². The fraction of sp³-hybridized carbons (Fsp3) is 0.500. The van der Waals surface area contributed by atoms with E-state index < -0.39 is 23.7 Å². The van der Waals surface area contributed by atoms with Crippen molar-refractivity contribution in [3.63, 3.8) is 0 Å². The number of hydrogen-bond acceptors (Lipinski definition) is 2. The van der Waals surface area contributed by atoms with Crippen LogP contribution in [0.1, 0.15) is 55.7 Å². The molecule has 0 unspecified atom stereocenters. The number of carbonyl (C=O) groups is 1. The summed E-state index contributed by atoms with van der Waals surface area (Å²) in [6, 6.07) is 11.6. The minimum Gasteiger partial charge on any atom is -0.323 e. The van der Waals surface area contributed by atoms with Gasteiger partial charge in [0.15, 0.2) is 0 Å². The van der Waals surface area contributed by atoms with E-state index in [1.54, 1.807) is 0 Å². The minimum atomic E-state index is -4.51. The molecule has 0 aliphatic heterocycles. The fourth-order valence-corrected chi connectivity index (χ4v) is 7.00. The highest BCUT2D eigenvalue weighted by molar-refractivity contribution is 6.33. The number of amides is 1. The van der Waals surface area contributed by atoms with E-state index in [0.717, 1.165) is 42.0 Å². The van der Waals surface area contributed by atoms with Crippen molar-refractivity contribution in [1.82, 2.24) is 5.32 Å². The molecule has 2 N–H and O–H groups in total. The predicted octanol–water partition coefficient (Wildman–Crippen LogP) is 6.84. The number of carbonyl (C=O) groups excluding carboxylic acids is 1. The van der Waals surface area contributed by atoms with Gasteiger partial charge in [-0.05, 0) is 85.5 Å². The molecule has 0 aromatic heterocycles. The number of halogens is 4. The second-order valence-electron chi connectivity index (χ2n) is 10.3. The quantitative estimate of drug-likeness (QED) is 0.479. The van der Waals surface area contributed by atoms with Crippen LogP contribution in [0.5, 0.6) is 0 Å². The molecule has 4 aliphatic carbocycles. The summed E-state index contributed by atoms with van der Waals surface area (Å²) in [7, 11) is 0. The molecule has 1 atom stereocenters. The van der Waals surface area contributed by atoms with E-state index in [-0.39, 0.29) is 16.1 Å². The molecule has 6 rings (SSSR count). The summed E-state index contributed by atoms with van der Waals surface area (Å²) >= 11 is 6.13. The Balaban J connectivity index is 1.36. The van der Waals surface area contributed by atoms with Crippen LogP contribution < -0.4 is 10.6 Å². The highest BCUT2D eigenvalue weighted by Crippen LogP contribution is 2.59. The van der Waals surface area contributed by atoms with E-state index in [9.17, 15) is 18.0 Å². The summed E-state index contributed by atoms with van der Waals surface area (Å²) in [6.45, 7) is 0.736. The van der Waals surface area contributed by atoms with E-state index in [1.165, 1.54) is 44.6 Å². The Labute approximate surface area is 197 Å². The summed E-state index contributed by atoms with van der Waals surface area (Å²) in [5.74, 6) is 1.98.